The number of aliphatic hydroxyl groups is 1. The molecule has 3 nitrogen and oxygen atoms in total. The van der Waals surface area contributed by atoms with Gasteiger partial charge in [0.1, 0.15) is 0 Å². The zero-order valence-electron chi connectivity index (χ0n) is 8.07. The normalized spacial score (nSPS) is 10.0. The Hall–Kier alpha value is -0.710. The maximum absolute atomic E-state index is 11.3. The van der Waals surface area contributed by atoms with E-state index in [4.69, 9.17) is 16.7 Å². The number of amides is 1. The van der Waals surface area contributed by atoms with Crippen LogP contribution >= 0.6 is 23.4 Å². The molecule has 2 N–H and O–H groups in total. The Kier molecular flexibility index (Phi) is 5.53. The van der Waals surface area contributed by atoms with Crippen LogP contribution in [-0.4, -0.2) is 29.1 Å². The lowest BCUT2D eigenvalue weighted by Gasteiger charge is -2.04. The van der Waals surface area contributed by atoms with Gasteiger partial charge in [-0.2, -0.15) is 0 Å². The van der Waals surface area contributed by atoms with Crippen molar-refractivity contribution >= 4 is 35.0 Å². The smallest absolute Gasteiger partial charge is 0.234 e. The molecule has 0 unspecified atom stereocenters. The van der Waals surface area contributed by atoms with E-state index < -0.39 is 0 Å². The molecule has 0 radical (unpaired) electrons. The van der Waals surface area contributed by atoms with Crippen LogP contribution in [0.15, 0.2) is 24.3 Å². The van der Waals surface area contributed by atoms with Gasteiger partial charge in [-0.25, -0.2) is 0 Å². The van der Waals surface area contributed by atoms with Crippen LogP contribution in [0.1, 0.15) is 0 Å². The fraction of sp³-hybridized carbons (Fsp3) is 0.300. The zero-order valence-corrected chi connectivity index (χ0v) is 9.64. The van der Waals surface area contributed by atoms with Gasteiger partial charge >= 0.3 is 0 Å². The van der Waals surface area contributed by atoms with E-state index >= 15 is 0 Å². The number of benzene rings is 1. The molecule has 0 spiro atoms. The monoisotopic (exact) mass is 245 g/mol. The molecule has 0 aliphatic carbocycles. The molecule has 0 saturated heterocycles. The van der Waals surface area contributed by atoms with Crippen LogP contribution in [0.25, 0.3) is 0 Å². The van der Waals surface area contributed by atoms with Gasteiger partial charge in [0.25, 0.3) is 0 Å². The quantitative estimate of drug-likeness (QED) is 0.781. The number of halogens is 1. The van der Waals surface area contributed by atoms with E-state index in [0.29, 0.717) is 22.2 Å². The fourth-order valence-corrected chi connectivity index (χ4v) is 1.71. The Balaban J connectivity index is 2.37. The average molecular weight is 246 g/mol. The molecule has 1 amide bonds. The molecule has 0 aliphatic heterocycles. The number of thioether (sulfide) groups is 1. The molecule has 15 heavy (non-hydrogen) atoms. The van der Waals surface area contributed by atoms with Crippen molar-refractivity contribution in [1.82, 2.24) is 0 Å². The van der Waals surface area contributed by atoms with Gasteiger partial charge in [-0.3, -0.25) is 4.79 Å². The molecule has 82 valence electrons. The summed E-state index contributed by atoms with van der Waals surface area (Å²) >= 11 is 7.16. The van der Waals surface area contributed by atoms with Crippen LogP contribution in [0.4, 0.5) is 5.69 Å². The van der Waals surface area contributed by atoms with Crippen LogP contribution in [0.2, 0.25) is 5.02 Å². The van der Waals surface area contributed by atoms with Crippen LogP contribution in [0.3, 0.4) is 0 Å². The van der Waals surface area contributed by atoms with E-state index in [0.717, 1.165) is 0 Å². The Morgan fingerprint density at radius 2 is 2.33 bits per heavy atom. The maximum atomic E-state index is 11.3. The lowest BCUT2D eigenvalue weighted by atomic mass is 10.3. The summed E-state index contributed by atoms with van der Waals surface area (Å²) in [7, 11) is 0. The summed E-state index contributed by atoms with van der Waals surface area (Å²) in [5.41, 5.74) is 0.692. The molecule has 5 heteroatoms. The summed E-state index contributed by atoms with van der Waals surface area (Å²) in [6, 6.07) is 6.99. The van der Waals surface area contributed by atoms with Gasteiger partial charge in [0.2, 0.25) is 5.91 Å². The first-order valence-corrected chi connectivity index (χ1v) is 5.99. The minimum Gasteiger partial charge on any atom is -0.396 e. The van der Waals surface area contributed by atoms with Crippen LogP contribution in [-0.2, 0) is 4.79 Å². The van der Waals surface area contributed by atoms with E-state index in [1.54, 1.807) is 24.3 Å². The molecular weight excluding hydrogens is 234 g/mol. The number of anilines is 1. The Bertz CT molecular complexity index is 333. The van der Waals surface area contributed by atoms with Crippen molar-refractivity contribution in [3.63, 3.8) is 0 Å². The van der Waals surface area contributed by atoms with Gasteiger partial charge in [0.15, 0.2) is 0 Å². The number of hydrogen-bond acceptors (Lipinski definition) is 3. The zero-order chi connectivity index (χ0) is 11.1. The summed E-state index contributed by atoms with van der Waals surface area (Å²) in [6.45, 7) is 0.0924. The highest BCUT2D eigenvalue weighted by Crippen LogP contribution is 2.15. The molecule has 0 bridgehead atoms. The second kappa shape index (κ2) is 6.71. The van der Waals surface area contributed by atoms with Crippen molar-refractivity contribution in [3.8, 4) is 0 Å². The molecule has 0 heterocycles. The predicted molar refractivity (Wildman–Crippen MR) is 64.5 cm³/mol. The Morgan fingerprint density at radius 1 is 1.53 bits per heavy atom. The van der Waals surface area contributed by atoms with Crippen LogP contribution < -0.4 is 5.32 Å². The van der Waals surface area contributed by atoms with E-state index in [2.05, 4.69) is 5.32 Å². The highest BCUT2D eigenvalue weighted by molar-refractivity contribution is 7.99. The molecular formula is C10H12ClNO2S. The van der Waals surface area contributed by atoms with Gasteiger partial charge in [0.05, 0.1) is 12.4 Å². The third-order valence-corrected chi connectivity index (χ3v) is 2.75. The van der Waals surface area contributed by atoms with Crippen molar-refractivity contribution in [1.29, 1.82) is 0 Å². The van der Waals surface area contributed by atoms with Crippen molar-refractivity contribution in [2.45, 2.75) is 0 Å². The minimum atomic E-state index is -0.0873. The molecule has 0 aliphatic rings. The fourth-order valence-electron chi connectivity index (χ4n) is 0.993. The summed E-state index contributed by atoms with van der Waals surface area (Å²) in [4.78, 5) is 11.3. The number of carbonyl (C=O) groups excluding carboxylic acids is 1. The SMILES string of the molecule is O=C(CSCCO)Nc1cccc(Cl)c1. The summed E-state index contributed by atoms with van der Waals surface area (Å²) in [5, 5.41) is 11.8. The summed E-state index contributed by atoms with van der Waals surface area (Å²) < 4.78 is 0. The van der Waals surface area contributed by atoms with Crippen molar-refractivity contribution in [2.75, 3.05) is 23.4 Å². The summed E-state index contributed by atoms with van der Waals surface area (Å²) in [5.74, 6) is 0.825. The highest BCUT2D eigenvalue weighted by atomic mass is 35.5. The number of aliphatic hydroxyl groups excluding tert-OH is 1. The topological polar surface area (TPSA) is 49.3 Å². The molecule has 0 saturated carbocycles. The third kappa shape index (κ3) is 5.06. The minimum absolute atomic E-state index is 0.0873. The predicted octanol–water partition coefficient (Wildman–Crippen LogP) is 2.00. The van der Waals surface area contributed by atoms with Gasteiger partial charge in [-0.05, 0) is 18.2 Å². The van der Waals surface area contributed by atoms with Gasteiger partial charge < -0.3 is 10.4 Å². The Labute approximate surface area is 97.8 Å². The number of nitrogens with one attached hydrogen (secondary N) is 1. The molecule has 1 aromatic carbocycles. The Morgan fingerprint density at radius 3 is 3.00 bits per heavy atom. The molecule has 0 fully saturated rings. The number of carbonyl (C=O) groups is 1. The largest absolute Gasteiger partial charge is 0.396 e. The lowest BCUT2D eigenvalue weighted by Crippen LogP contribution is -2.14. The van der Waals surface area contributed by atoms with E-state index in [1.807, 2.05) is 0 Å². The van der Waals surface area contributed by atoms with Crippen molar-refractivity contribution in [3.05, 3.63) is 29.3 Å². The highest BCUT2D eigenvalue weighted by Gasteiger charge is 2.02. The second-order valence-corrected chi connectivity index (χ2v) is 4.38. The maximum Gasteiger partial charge on any atom is 0.234 e. The van der Waals surface area contributed by atoms with E-state index in [9.17, 15) is 4.79 Å². The van der Waals surface area contributed by atoms with Crippen LogP contribution in [0, 0.1) is 0 Å². The average Bonchev–Trinajstić information content (AvgIpc) is 2.18. The van der Waals surface area contributed by atoms with Gasteiger partial charge in [0, 0.05) is 16.5 Å². The van der Waals surface area contributed by atoms with Gasteiger partial charge in [-0.1, -0.05) is 17.7 Å². The number of hydrogen-bond donors (Lipinski definition) is 2. The summed E-state index contributed by atoms with van der Waals surface area (Å²) in [6.07, 6.45) is 0. The molecule has 0 aromatic heterocycles. The van der Waals surface area contributed by atoms with E-state index in [-0.39, 0.29) is 12.5 Å². The van der Waals surface area contributed by atoms with Gasteiger partial charge in [-0.15, -0.1) is 11.8 Å². The van der Waals surface area contributed by atoms with Crippen molar-refractivity contribution in [2.24, 2.45) is 0 Å². The first-order valence-electron chi connectivity index (χ1n) is 4.46. The third-order valence-electron chi connectivity index (χ3n) is 1.58. The lowest BCUT2D eigenvalue weighted by molar-refractivity contribution is -0.113. The molecule has 0 atom stereocenters. The number of rotatable bonds is 5. The van der Waals surface area contributed by atoms with E-state index in [1.165, 1.54) is 11.8 Å². The molecule has 1 aromatic rings. The van der Waals surface area contributed by atoms with Crippen molar-refractivity contribution < 1.29 is 9.90 Å². The van der Waals surface area contributed by atoms with Crippen LogP contribution in [0.5, 0.6) is 0 Å². The molecule has 1 rings (SSSR count). The first-order chi connectivity index (χ1) is 7.22. The standard InChI is InChI=1S/C10H12ClNO2S/c11-8-2-1-3-9(6-8)12-10(14)7-15-5-4-13/h1-3,6,13H,4-5,7H2,(H,12,14). The second-order valence-electron chi connectivity index (χ2n) is 2.83. The first kappa shape index (κ1) is 12.4.